The lowest BCUT2D eigenvalue weighted by Gasteiger charge is -2.19. The first-order chi connectivity index (χ1) is 13.0. The van der Waals surface area contributed by atoms with E-state index in [0.717, 1.165) is 11.1 Å². The van der Waals surface area contributed by atoms with Crippen molar-refractivity contribution in [3.63, 3.8) is 0 Å². The first-order valence-electron chi connectivity index (χ1n) is 8.71. The van der Waals surface area contributed by atoms with Gasteiger partial charge in [0.2, 0.25) is 5.43 Å². The van der Waals surface area contributed by atoms with Gasteiger partial charge in [0.1, 0.15) is 12.3 Å². The van der Waals surface area contributed by atoms with E-state index < -0.39 is 0 Å². The third-order valence-electron chi connectivity index (χ3n) is 4.27. The molecule has 0 atom stereocenters. The molecule has 0 radical (unpaired) electrons. The maximum absolute atomic E-state index is 12.7. The molecule has 0 aliphatic rings. The van der Waals surface area contributed by atoms with Gasteiger partial charge in [0, 0.05) is 26.7 Å². The number of rotatable bonds is 6. The Morgan fingerprint density at radius 2 is 1.59 bits per heavy atom. The smallest absolute Gasteiger partial charge is 0.270 e. The Bertz CT molecular complexity index is 966. The molecule has 27 heavy (non-hydrogen) atoms. The molecule has 1 amide bonds. The van der Waals surface area contributed by atoms with Gasteiger partial charge in [0.05, 0.1) is 6.20 Å². The van der Waals surface area contributed by atoms with Crippen molar-refractivity contribution in [1.29, 1.82) is 0 Å². The van der Waals surface area contributed by atoms with Gasteiger partial charge in [-0.2, -0.15) is 0 Å². The number of pyridine rings is 1. The average Bonchev–Trinajstić information content (AvgIpc) is 2.69. The Labute approximate surface area is 158 Å². The number of nitrogens with zero attached hydrogens (tertiary/aromatic N) is 2. The number of carbonyl (C=O) groups is 1. The Hall–Kier alpha value is -3.34. The molecule has 0 bridgehead atoms. The number of aromatic nitrogens is 1. The predicted molar refractivity (Wildman–Crippen MR) is 105 cm³/mol. The highest BCUT2D eigenvalue weighted by Crippen LogP contribution is 2.12. The highest BCUT2D eigenvalue weighted by atomic mass is 16.5. The summed E-state index contributed by atoms with van der Waals surface area (Å²) >= 11 is 0. The molecule has 2 aromatic carbocycles. The third-order valence-corrected chi connectivity index (χ3v) is 4.27. The van der Waals surface area contributed by atoms with E-state index in [0.29, 0.717) is 18.8 Å². The number of hydrogen-bond donors (Lipinski definition) is 0. The van der Waals surface area contributed by atoms with E-state index in [9.17, 15) is 9.59 Å². The van der Waals surface area contributed by atoms with Crippen LogP contribution in [0, 0.1) is 0 Å². The molecular weight excluding hydrogens is 340 g/mol. The molecule has 5 nitrogen and oxygen atoms in total. The van der Waals surface area contributed by atoms with Crippen LogP contribution in [0.1, 0.15) is 21.6 Å². The number of carbonyl (C=O) groups excluding carboxylic acids is 1. The second-order valence-electron chi connectivity index (χ2n) is 6.42. The zero-order valence-corrected chi connectivity index (χ0v) is 15.5. The van der Waals surface area contributed by atoms with Crippen LogP contribution in [0.3, 0.4) is 0 Å². The number of ether oxygens (including phenoxy) is 1. The maximum atomic E-state index is 12.7. The molecule has 3 rings (SSSR count). The molecule has 1 heterocycles. The molecule has 3 aromatic rings. The van der Waals surface area contributed by atoms with Crippen molar-refractivity contribution < 1.29 is 9.53 Å². The first-order valence-corrected chi connectivity index (χ1v) is 8.71. The van der Waals surface area contributed by atoms with Crippen LogP contribution in [0.5, 0.6) is 5.75 Å². The molecule has 1 aromatic heterocycles. The molecule has 0 saturated heterocycles. The largest absolute Gasteiger partial charge is 0.483 e. The van der Waals surface area contributed by atoms with Gasteiger partial charge in [0.15, 0.2) is 5.75 Å². The van der Waals surface area contributed by atoms with Gasteiger partial charge in [-0.1, -0.05) is 60.7 Å². The summed E-state index contributed by atoms with van der Waals surface area (Å²) in [5.74, 6) is 0.0108. The molecule has 0 N–H and O–H groups in total. The van der Waals surface area contributed by atoms with Crippen LogP contribution >= 0.6 is 0 Å². The standard InChI is InChI=1S/C22H22N2O3/c1-23-15-21(27-16-18-11-7-4-8-12-18)20(25)13-19(23)22(26)24(2)14-17-9-5-3-6-10-17/h3-13,15H,14,16H2,1-2H3. The van der Waals surface area contributed by atoms with Crippen LogP contribution in [0.25, 0.3) is 0 Å². The quantitative estimate of drug-likeness (QED) is 0.676. The van der Waals surface area contributed by atoms with E-state index in [1.54, 1.807) is 29.8 Å². The summed E-state index contributed by atoms with van der Waals surface area (Å²) in [5.41, 5.74) is 2.02. The summed E-state index contributed by atoms with van der Waals surface area (Å²) in [4.78, 5) is 26.7. The van der Waals surface area contributed by atoms with Crippen molar-refractivity contribution in [2.75, 3.05) is 7.05 Å². The van der Waals surface area contributed by atoms with Gasteiger partial charge in [-0.15, -0.1) is 0 Å². The minimum Gasteiger partial charge on any atom is -0.483 e. The summed E-state index contributed by atoms with van der Waals surface area (Å²) in [7, 11) is 3.46. The zero-order valence-electron chi connectivity index (χ0n) is 15.5. The lowest BCUT2D eigenvalue weighted by Crippen LogP contribution is -2.30. The van der Waals surface area contributed by atoms with Gasteiger partial charge in [-0.05, 0) is 11.1 Å². The molecule has 0 unspecified atom stereocenters. The molecule has 0 spiro atoms. The van der Waals surface area contributed by atoms with E-state index in [1.807, 2.05) is 60.7 Å². The number of aryl methyl sites for hydroxylation is 1. The van der Waals surface area contributed by atoms with Crippen molar-refractivity contribution in [1.82, 2.24) is 9.47 Å². The highest BCUT2D eigenvalue weighted by molar-refractivity contribution is 5.92. The predicted octanol–water partition coefficient (Wildman–Crippen LogP) is 3.24. The molecule has 138 valence electrons. The minimum atomic E-state index is -0.305. The van der Waals surface area contributed by atoms with E-state index in [2.05, 4.69) is 0 Å². The van der Waals surface area contributed by atoms with Gasteiger partial charge in [0.25, 0.3) is 5.91 Å². The van der Waals surface area contributed by atoms with Gasteiger partial charge in [-0.25, -0.2) is 0 Å². The second-order valence-corrected chi connectivity index (χ2v) is 6.42. The van der Waals surface area contributed by atoms with Gasteiger partial charge in [-0.3, -0.25) is 9.59 Å². The Kier molecular flexibility index (Phi) is 5.71. The summed E-state index contributed by atoms with van der Waals surface area (Å²) in [5, 5.41) is 0. The number of benzene rings is 2. The van der Waals surface area contributed by atoms with Gasteiger partial charge >= 0.3 is 0 Å². The molecule has 0 fully saturated rings. The van der Waals surface area contributed by atoms with E-state index in [1.165, 1.54) is 6.07 Å². The van der Waals surface area contributed by atoms with Crippen molar-refractivity contribution >= 4 is 5.91 Å². The topological polar surface area (TPSA) is 51.5 Å². The van der Waals surface area contributed by atoms with Crippen LogP contribution < -0.4 is 10.2 Å². The number of hydrogen-bond acceptors (Lipinski definition) is 3. The van der Waals surface area contributed by atoms with E-state index in [-0.39, 0.29) is 17.1 Å². The second kappa shape index (κ2) is 8.36. The summed E-state index contributed by atoms with van der Waals surface area (Å²) in [6.45, 7) is 0.775. The van der Waals surface area contributed by atoms with Crippen molar-refractivity contribution in [3.05, 3.63) is 100.0 Å². The third kappa shape index (κ3) is 4.64. The fourth-order valence-electron chi connectivity index (χ4n) is 2.79. The van der Waals surface area contributed by atoms with E-state index >= 15 is 0 Å². The molecule has 5 heteroatoms. The molecule has 0 aliphatic heterocycles. The molecular formula is C22H22N2O3. The maximum Gasteiger partial charge on any atom is 0.270 e. The van der Waals surface area contributed by atoms with Crippen molar-refractivity contribution in [2.45, 2.75) is 13.2 Å². The van der Waals surface area contributed by atoms with Crippen LogP contribution in [0.15, 0.2) is 77.7 Å². The Morgan fingerprint density at radius 1 is 1.00 bits per heavy atom. The molecule has 0 saturated carbocycles. The van der Waals surface area contributed by atoms with Crippen molar-refractivity contribution in [2.24, 2.45) is 7.05 Å². The minimum absolute atomic E-state index is 0.215. The van der Waals surface area contributed by atoms with E-state index in [4.69, 9.17) is 4.74 Å². The van der Waals surface area contributed by atoms with Crippen LogP contribution in [0.4, 0.5) is 0 Å². The fraction of sp³-hybridized carbons (Fsp3) is 0.182. The van der Waals surface area contributed by atoms with Gasteiger partial charge < -0.3 is 14.2 Å². The Morgan fingerprint density at radius 3 is 2.22 bits per heavy atom. The van der Waals surface area contributed by atoms with Crippen molar-refractivity contribution in [3.8, 4) is 5.75 Å². The molecule has 0 aliphatic carbocycles. The zero-order chi connectivity index (χ0) is 19.2. The SMILES string of the molecule is CN(Cc1ccccc1)C(=O)c1cc(=O)c(OCc2ccccc2)cn1C. The lowest BCUT2D eigenvalue weighted by atomic mass is 10.2. The average molecular weight is 362 g/mol. The van der Waals surface area contributed by atoms with Crippen LogP contribution in [-0.2, 0) is 20.2 Å². The summed E-state index contributed by atoms with van der Waals surface area (Å²) < 4.78 is 7.27. The summed E-state index contributed by atoms with van der Waals surface area (Å²) in [6, 6.07) is 20.7. The van der Waals surface area contributed by atoms with Crippen LogP contribution in [-0.4, -0.2) is 22.4 Å². The number of amides is 1. The first kappa shape index (κ1) is 18.5. The fourth-order valence-corrected chi connectivity index (χ4v) is 2.79. The normalized spacial score (nSPS) is 10.4. The summed E-state index contributed by atoms with van der Waals surface area (Å²) in [6.07, 6.45) is 1.56. The Balaban J connectivity index is 1.73. The monoisotopic (exact) mass is 362 g/mol. The van der Waals surface area contributed by atoms with Crippen LogP contribution in [0.2, 0.25) is 0 Å². The lowest BCUT2D eigenvalue weighted by molar-refractivity contribution is 0.0774. The highest BCUT2D eigenvalue weighted by Gasteiger charge is 2.17.